The highest BCUT2D eigenvalue weighted by Crippen LogP contribution is 2.37. The van der Waals surface area contributed by atoms with Gasteiger partial charge in [0, 0.05) is 22.9 Å². The highest BCUT2D eigenvalue weighted by atomic mass is 32.2. The Bertz CT molecular complexity index is 1290. The molecule has 0 saturated heterocycles. The zero-order valence-corrected chi connectivity index (χ0v) is 20.8. The van der Waals surface area contributed by atoms with Gasteiger partial charge in [0.2, 0.25) is 5.91 Å². The summed E-state index contributed by atoms with van der Waals surface area (Å²) in [4.78, 5) is 33.9. The van der Waals surface area contributed by atoms with Gasteiger partial charge in [-0.1, -0.05) is 42.8 Å². The van der Waals surface area contributed by atoms with Crippen LogP contribution in [0.5, 0.6) is 5.75 Å². The number of hydrogen-bond donors (Lipinski definition) is 1. The van der Waals surface area contributed by atoms with Crippen LogP contribution in [0.1, 0.15) is 73.0 Å². The number of thioether (sulfide) groups is 1. The summed E-state index contributed by atoms with van der Waals surface area (Å²) in [5.41, 5.74) is 2.37. The molecular formula is C26H29N3O3S2. The molecule has 1 atom stereocenters. The summed E-state index contributed by atoms with van der Waals surface area (Å²) in [6.45, 7) is 0.595. The van der Waals surface area contributed by atoms with Gasteiger partial charge in [0.05, 0.1) is 23.8 Å². The third-order valence-corrected chi connectivity index (χ3v) is 9.44. The Kier molecular flexibility index (Phi) is 6.11. The van der Waals surface area contributed by atoms with Crippen LogP contribution in [0.15, 0.2) is 34.2 Å². The van der Waals surface area contributed by atoms with E-state index >= 15 is 0 Å². The number of nitrogens with zero attached hydrogens (tertiary/aromatic N) is 2. The number of aromatic nitrogens is 2. The number of amides is 1. The monoisotopic (exact) mass is 495 g/mol. The van der Waals surface area contributed by atoms with Crippen molar-refractivity contribution in [3.8, 4) is 5.75 Å². The molecule has 1 unspecified atom stereocenters. The third kappa shape index (κ3) is 4.05. The summed E-state index contributed by atoms with van der Waals surface area (Å²) in [7, 11) is 0. The lowest BCUT2D eigenvalue weighted by Crippen LogP contribution is -2.33. The van der Waals surface area contributed by atoms with Crippen molar-refractivity contribution in [2.75, 3.05) is 12.4 Å². The molecule has 3 aromatic rings. The first-order valence-electron chi connectivity index (χ1n) is 12.4. The smallest absolute Gasteiger partial charge is 0.263 e. The van der Waals surface area contributed by atoms with Crippen molar-refractivity contribution >= 4 is 39.2 Å². The molecule has 2 aliphatic carbocycles. The van der Waals surface area contributed by atoms with E-state index in [1.54, 1.807) is 11.3 Å². The Balaban J connectivity index is 1.27. The second-order valence-electron chi connectivity index (χ2n) is 9.48. The van der Waals surface area contributed by atoms with E-state index in [0.717, 1.165) is 72.9 Å². The maximum atomic E-state index is 13.8. The number of hydrogen-bond acceptors (Lipinski definition) is 6. The average Bonchev–Trinajstić information content (AvgIpc) is 3.51. The van der Waals surface area contributed by atoms with E-state index in [1.807, 2.05) is 28.8 Å². The van der Waals surface area contributed by atoms with Crippen LogP contribution in [-0.4, -0.2) is 27.8 Å². The minimum Gasteiger partial charge on any atom is -0.493 e. The van der Waals surface area contributed by atoms with Gasteiger partial charge in [-0.15, -0.1) is 11.3 Å². The SMILES string of the molecule is O=C(CSc1nc2sc3c(c2c(=O)n1C1CCCC1)CCCC3)NC1CCOc2ccccc21. The Labute approximate surface area is 207 Å². The van der Waals surface area contributed by atoms with Crippen molar-refractivity contribution in [2.45, 2.75) is 75.0 Å². The highest BCUT2D eigenvalue weighted by Gasteiger charge is 2.28. The first-order valence-corrected chi connectivity index (χ1v) is 14.2. The lowest BCUT2D eigenvalue weighted by atomic mass is 9.97. The molecule has 8 heteroatoms. The first kappa shape index (κ1) is 22.2. The van der Waals surface area contributed by atoms with Gasteiger partial charge in [-0.3, -0.25) is 14.2 Å². The summed E-state index contributed by atoms with van der Waals surface area (Å²) in [6, 6.07) is 8.03. The lowest BCUT2D eigenvalue weighted by Gasteiger charge is -2.26. The van der Waals surface area contributed by atoms with E-state index in [0.29, 0.717) is 11.8 Å². The molecule has 1 aromatic carbocycles. The van der Waals surface area contributed by atoms with E-state index in [9.17, 15) is 9.59 Å². The number of ether oxygens (including phenoxy) is 1. The molecule has 1 fully saturated rings. The van der Waals surface area contributed by atoms with Crippen molar-refractivity contribution in [1.82, 2.24) is 14.9 Å². The minimum atomic E-state index is -0.0467. The van der Waals surface area contributed by atoms with Crippen molar-refractivity contribution in [3.63, 3.8) is 0 Å². The number of benzene rings is 1. The predicted molar refractivity (Wildman–Crippen MR) is 136 cm³/mol. The summed E-state index contributed by atoms with van der Waals surface area (Å²) >= 11 is 3.08. The normalized spacial score (nSPS) is 20.1. The average molecular weight is 496 g/mol. The molecule has 1 N–H and O–H groups in total. The van der Waals surface area contributed by atoms with Crippen LogP contribution in [0.4, 0.5) is 0 Å². The first-order chi connectivity index (χ1) is 16.7. The molecule has 6 nitrogen and oxygen atoms in total. The lowest BCUT2D eigenvalue weighted by molar-refractivity contribution is -0.119. The number of carbonyl (C=O) groups is 1. The van der Waals surface area contributed by atoms with Crippen LogP contribution in [-0.2, 0) is 17.6 Å². The largest absolute Gasteiger partial charge is 0.493 e. The Morgan fingerprint density at radius 2 is 1.97 bits per heavy atom. The Morgan fingerprint density at radius 3 is 2.85 bits per heavy atom. The molecule has 1 aliphatic heterocycles. The topological polar surface area (TPSA) is 73.2 Å². The fourth-order valence-corrected chi connectivity index (χ4v) is 7.82. The van der Waals surface area contributed by atoms with E-state index < -0.39 is 0 Å². The number of aryl methyl sites for hydroxylation is 2. The van der Waals surface area contributed by atoms with E-state index in [4.69, 9.17) is 9.72 Å². The van der Waals surface area contributed by atoms with Crippen LogP contribution < -0.4 is 15.6 Å². The summed E-state index contributed by atoms with van der Waals surface area (Å²) in [5, 5.41) is 4.72. The summed E-state index contributed by atoms with van der Waals surface area (Å²) < 4.78 is 7.65. The fourth-order valence-electron chi connectivity index (χ4n) is 5.64. The molecule has 1 amide bonds. The molecule has 6 rings (SSSR count). The van der Waals surface area contributed by atoms with Crippen molar-refractivity contribution in [2.24, 2.45) is 0 Å². The Morgan fingerprint density at radius 1 is 1.15 bits per heavy atom. The van der Waals surface area contributed by atoms with Crippen LogP contribution >= 0.6 is 23.1 Å². The van der Waals surface area contributed by atoms with Gasteiger partial charge in [-0.05, 0) is 50.2 Å². The maximum Gasteiger partial charge on any atom is 0.263 e. The zero-order chi connectivity index (χ0) is 23.1. The second kappa shape index (κ2) is 9.38. The number of carbonyl (C=O) groups excluding carboxylic acids is 1. The zero-order valence-electron chi connectivity index (χ0n) is 19.2. The molecular weight excluding hydrogens is 466 g/mol. The molecule has 0 spiro atoms. The van der Waals surface area contributed by atoms with E-state index in [2.05, 4.69) is 5.32 Å². The standard InChI is InChI=1S/C26H29N3O3S2/c30-22(27-19-13-14-32-20-11-5-3-9-17(19)20)15-33-26-28-24-23(18-10-4-6-12-21(18)34-24)25(31)29(26)16-7-1-2-8-16/h3,5,9,11,16,19H,1-2,4,6-8,10,12-15H2,(H,27,30). The maximum absolute atomic E-state index is 13.8. The summed E-state index contributed by atoms with van der Waals surface area (Å²) in [6.07, 6.45) is 9.44. The van der Waals surface area contributed by atoms with Crippen molar-refractivity contribution < 1.29 is 9.53 Å². The van der Waals surface area contributed by atoms with Crippen molar-refractivity contribution in [1.29, 1.82) is 0 Å². The van der Waals surface area contributed by atoms with E-state index in [1.165, 1.54) is 28.6 Å². The molecule has 0 bridgehead atoms. The quantitative estimate of drug-likeness (QED) is 0.390. The number of para-hydroxylation sites is 1. The molecule has 3 aliphatic rings. The second-order valence-corrected chi connectivity index (χ2v) is 11.5. The minimum absolute atomic E-state index is 0.0375. The van der Waals surface area contributed by atoms with Crippen LogP contribution in [0.25, 0.3) is 10.2 Å². The molecule has 2 aromatic heterocycles. The van der Waals surface area contributed by atoms with Crippen LogP contribution in [0.3, 0.4) is 0 Å². The molecule has 1 saturated carbocycles. The van der Waals surface area contributed by atoms with Gasteiger partial charge in [0.15, 0.2) is 5.16 Å². The number of rotatable bonds is 5. The highest BCUT2D eigenvalue weighted by molar-refractivity contribution is 7.99. The molecule has 34 heavy (non-hydrogen) atoms. The Hall–Kier alpha value is -2.32. The van der Waals surface area contributed by atoms with Crippen molar-refractivity contribution in [3.05, 3.63) is 50.6 Å². The number of thiophene rings is 1. The molecule has 178 valence electrons. The third-order valence-electron chi connectivity index (χ3n) is 7.30. The van der Waals surface area contributed by atoms with Gasteiger partial charge in [-0.2, -0.15) is 0 Å². The van der Waals surface area contributed by atoms with E-state index in [-0.39, 0.29) is 29.3 Å². The number of fused-ring (bicyclic) bond motifs is 4. The molecule has 0 radical (unpaired) electrons. The van der Waals surface area contributed by atoms with Gasteiger partial charge < -0.3 is 10.1 Å². The predicted octanol–water partition coefficient (Wildman–Crippen LogP) is 5.18. The number of nitrogens with one attached hydrogen (secondary N) is 1. The van der Waals surface area contributed by atoms with Gasteiger partial charge in [0.1, 0.15) is 10.6 Å². The fraction of sp³-hybridized carbons (Fsp3) is 0.500. The van der Waals surface area contributed by atoms with Gasteiger partial charge >= 0.3 is 0 Å². The summed E-state index contributed by atoms with van der Waals surface area (Å²) in [5.74, 6) is 1.05. The van der Waals surface area contributed by atoms with Gasteiger partial charge in [0.25, 0.3) is 5.56 Å². The van der Waals surface area contributed by atoms with Crippen LogP contribution in [0.2, 0.25) is 0 Å². The van der Waals surface area contributed by atoms with Crippen LogP contribution in [0, 0.1) is 0 Å². The van der Waals surface area contributed by atoms with Gasteiger partial charge in [-0.25, -0.2) is 4.98 Å². The molecule has 3 heterocycles.